The number of primary sulfonamides is 2. The molecule has 0 unspecified atom stereocenters. The third-order valence-corrected chi connectivity index (χ3v) is 6.44. The zero-order valence-electron chi connectivity index (χ0n) is 17.4. The second-order valence-electron chi connectivity index (χ2n) is 6.98. The highest BCUT2D eigenvalue weighted by Crippen LogP contribution is 2.27. The summed E-state index contributed by atoms with van der Waals surface area (Å²) in [6.07, 6.45) is 0. The van der Waals surface area contributed by atoms with Crippen LogP contribution in [0.5, 0.6) is 0 Å². The molecule has 15 nitrogen and oxygen atoms in total. The number of nitrogens with two attached hydrogens (primary N) is 3. The summed E-state index contributed by atoms with van der Waals surface area (Å²) < 4.78 is 45.7. The van der Waals surface area contributed by atoms with E-state index in [2.05, 4.69) is 10.4 Å². The summed E-state index contributed by atoms with van der Waals surface area (Å²) in [5.74, 6) is -5.04. The third-order valence-electron chi connectivity index (χ3n) is 4.59. The molecule has 2 aromatic carbocycles. The molecule has 0 aromatic heterocycles. The summed E-state index contributed by atoms with van der Waals surface area (Å²) in [7, 11) is -8.04. The molecule has 1 heterocycles. The number of rotatable bonds is 6. The fourth-order valence-corrected chi connectivity index (χ4v) is 4.05. The van der Waals surface area contributed by atoms with Crippen LogP contribution in [0.15, 0.2) is 63.4 Å². The van der Waals surface area contributed by atoms with Crippen LogP contribution < -0.4 is 31.7 Å². The Bertz CT molecular complexity index is 1470. The third kappa shape index (κ3) is 5.49. The fraction of sp³-hybridized carbons (Fsp3) is 0.0556. The molecule has 0 radical (unpaired) electrons. The first-order chi connectivity index (χ1) is 16.2. The van der Waals surface area contributed by atoms with Crippen LogP contribution >= 0.6 is 0 Å². The number of benzene rings is 2. The van der Waals surface area contributed by atoms with Crippen molar-refractivity contribution in [2.75, 3.05) is 10.2 Å². The van der Waals surface area contributed by atoms with E-state index >= 15 is 0 Å². The van der Waals surface area contributed by atoms with Gasteiger partial charge in [-0.1, -0.05) is 0 Å². The molecule has 3 rings (SSSR count). The van der Waals surface area contributed by atoms with Gasteiger partial charge in [0.2, 0.25) is 26.0 Å². The van der Waals surface area contributed by atoms with Gasteiger partial charge in [0.05, 0.1) is 15.5 Å². The number of hydrazone groups is 1. The van der Waals surface area contributed by atoms with Crippen LogP contribution in [0.3, 0.4) is 0 Å². The normalized spacial score (nSPS) is 17.5. The van der Waals surface area contributed by atoms with E-state index in [1.54, 1.807) is 5.43 Å². The number of primary amides is 1. The number of urea groups is 1. The molecular weight excluding hydrogens is 506 g/mol. The Balaban J connectivity index is 1.95. The number of anilines is 2. The van der Waals surface area contributed by atoms with Crippen LogP contribution in [0.4, 0.5) is 16.2 Å². The van der Waals surface area contributed by atoms with Crippen LogP contribution in [0.25, 0.3) is 0 Å². The van der Waals surface area contributed by atoms with Crippen molar-refractivity contribution >= 4 is 60.9 Å². The van der Waals surface area contributed by atoms with Gasteiger partial charge in [0.15, 0.2) is 5.92 Å². The van der Waals surface area contributed by atoms with Crippen LogP contribution in [-0.2, 0) is 34.4 Å². The van der Waals surface area contributed by atoms with Crippen molar-refractivity contribution in [3.8, 4) is 0 Å². The minimum atomic E-state index is -4.05. The molecule has 0 aliphatic carbocycles. The smallest absolute Gasteiger partial charge is 0.332 e. The molecule has 1 fully saturated rings. The molecule has 35 heavy (non-hydrogen) atoms. The van der Waals surface area contributed by atoms with E-state index in [1.165, 1.54) is 12.1 Å². The maximum absolute atomic E-state index is 13.1. The quantitative estimate of drug-likeness (QED) is 0.162. The van der Waals surface area contributed by atoms with Crippen LogP contribution in [0, 0.1) is 5.92 Å². The molecule has 2 aromatic rings. The molecule has 17 heteroatoms. The summed E-state index contributed by atoms with van der Waals surface area (Å²) in [5.41, 5.74) is 6.01. The lowest BCUT2D eigenvalue weighted by molar-refractivity contribution is -0.127. The largest absolute Gasteiger partial charge is 0.350 e. The predicted molar refractivity (Wildman–Crippen MR) is 120 cm³/mol. The summed E-state index contributed by atoms with van der Waals surface area (Å²) in [4.78, 5) is 50.0. The van der Waals surface area contributed by atoms with Gasteiger partial charge in [-0.2, -0.15) is 5.10 Å². The Morgan fingerprint density at radius 2 is 1.34 bits per heavy atom. The molecule has 0 saturated carbocycles. The molecule has 184 valence electrons. The van der Waals surface area contributed by atoms with Crippen molar-refractivity contribution in [2.45, 2.75) is 9.79 Å². The van der Waals surface area contributed by atoms with Crippen molar-refractivity contribution in [1.82, 2.24) is 5.43 Å². The maximum atomic E-state index is 13.1. The van der Waals surface area contributed by atoms with Crippen LogP contribution in [0.1, 0.15) is 0 Å². The fourth-order valence-electron chi connectivity index (χ4n) is 3.02. The van der Waals surface area contributed by atoms with E-state index in [0.717, 1.165) is 36.4 Å². The number of carbonyl (C=O) groups is 4. The molecule has 1 aliphatic heterocycles. The monoisotopic (exact) mass is 523 g/mol. The van der Waals surface area contributed by atoms with Gasteiger partial charge in [0.25, 0.3) is 11.8 Å². The molecular formula is C18H17N7O8S2. The number of hydrogen-bond acceptors (Lipinski definition) is 9. The lowest BCUT2D eigenvalue weighted by Crippen LogP contribution is -2.35. The second-order valence-corrected chi connectivity index (χ2v) is 10.1. The average molecular weight is 524 g/mol. The summed E-state index contributed by atoms with van der Waals surface area (Å²) >= 11 is 0. The zero-order valence-corrected chi connectivity index (χ0v) is 19.0. The predicted octanol–water partition coefficient (Wildman–Crippen LogP) is -1.87. The SMILES string of the molecule is NC(=O)N/N=C1\C(=O)N(c2ccc(S(N)(=O)=O)cc2)C(=O)[C@H]1C(=O)Nc1ccc(S(N)(=O)=O)cc1. The molecule has 1 atom stereocenters. The lowest BCUT2D eigenvalue weighted by Gasteiger charge is -2.14. The van der Waals surface area contributed by atoms with Crippen LogP contribution in [-0.4, -0.2) is 46.3 Å². The first-order valence-corrected chi connectivity index (χ1v) is 12.4. The highest BCUT2D eigenvalue weighted by Gasteiger charge is 2.50. The van der Waals surface area contributed by atoms with Gasteiger partial charge in [-0.3, -0.25) is 14.4 Å². The molecule has 5 amide bonds. The van der Waals surface area contributed by atoms with Gasteiger partial charge in [-0.25, -0.2) is 42.2 Å². The average Bonchev–Trinajstić information content (AvgIpc) is 3.00. The van der Waals surface area contributed by atoms with Gasteiger partial charge in [-0.15, -0.1) is 0 Å². The Hall–Kier alpha value is -4.19. The Labute approximate surface area is 198 Å². The van der Waals surface area contributed by atoms with E-state index < -0.39 is 55.4 Å². The van der Waals surface area contributed by atoms with Gasteiger partial charge in [0.1, 0.15) is 5.71 Å². The Morgan fingerprint density at radius 3 is 1.80 bits per heavy atom. The number of sulfonamides is 2. The molecule has 1 saturated heterocycles. The van der Waals surface area contributed by atoms with Crippen molar-refractivity contribution in [1.29, 1.82) is 0 Å². The van der Waals surface area contributed by atoms with Crippen molar-refractivity contribution in [2.24, 2.45) is 27.0 Å². The number of nitrogens with zero attached hydrogens (tertiary/aromatic N) is 2. The highest BCUT2D eigenvalue weighted by atomic mass is 32.2. The Kier molecular flexibility index (Phi) is 6.70. The number of nitrogens with one attached hydrogen (secondary N) is 2. The Morgan fingerprint density at radius 1 is 0.857 bits per heavy atom. The highest BCUT2D eigenvalue weighted by molar-refractivity contribution is 7.89. The minimum absolute atomic E-state index is 0.0563. The summed E-state index contributed by atoms with van der Waals surface area (Å²) in [5, 5.41) is 15.9. The first-order valence-electron chi connectivity index (χ1n) is 9.28. The van der Waals surface area contributed by atoms with E-state index in [-0.39, 0.29) is 21.2 Å². The lowest BCUT2D eigenvalue weighted by atomic mass is 10.0. The number of imide groups is 1. The summed E-state index contributed by atoms with van der Waals surface area (Å²) in [6, 6.07) is 7.75. The number of hydrogen-bond donors (Lipinski definition) is 5. The molecule has 1 aliphatic rings. The molecule has 8 N–H and O–H groups in total. The maximum Gasteiger partial charge on any atom is 0.332 e. The molecule has 0 bridgehead atoms. The molecule has 0 spiro atoms. The standard InChI is InChI=1S/C18H17N7O8S2/c19-18(29)24-23-14-13(15(26)22-9-1-5-11(6-2-9)34(20,30)31)16(27)25(17(14)28)10-3-7-12(8-4-10)35(21,32)33/h1-8,13H,(H,22,26)(H3,19,24,29)(H2,20,30,31)(H2,21,32,33)/b23-14-/t13-/m1/s1. The zero-order chi connectivity index (χ0) is 26.1. The summed E-state index contributed by atoms with van der Waals surface area (Å²) in [6.45, 7) is 0. The van der Waals surface area contributed by atoms with Gasteiger partial charge in [-0.05, 0) is 48.5 Å². The van der Waals surface area contributed by atoms with E-state index in [4.69, 9.17) is 16.0 Å². The van der Waals surface area contributed by atoms with Gasteiger partial charge in [0, 0.05) is 5.69 Å². The van der Waals surface area contributed by atoms with Crippen molar-refractivity contribution < 1.29 is 36.0 Å². The van der Waals surface area contributed by atoms with Crippen molar-refractivity contribution in [3.63, 3.8) is 0 Å². The van der Waals surface area contributed by atoms with Crippen LogP contribution in [0.2, 0.25) is 0 Å². The van der Waals surface area contributed by atoms with E-state index in [9.17, 15) is 36.0 Å². The number of carbonyl (C=O) groups excluding carboxylic acids is 4. The minimum Gasteiger partial charge on any atom is -0.350 e. The van der Waals surface area contributed by atoms with Gasteiger partial charge < -0.3 is 11.1 Å². The van der Waals surface area contributed by atoms with Crippen molar-refractivity contribution in [3.05, 3.63) is 48.5 Å². The topological polar surface area (TPSA) is 254 Å². The van der Waals surface area contributed by atoms with E-state index in [0.29, 0.717) is 4.90 Å². The van der Waals surface area contributed by atoms with E-state index in [1.807, 2.05) is 0 Å². The number of amides is 5. The van der Waals surface area contributed by atoms with Gasteiger partial charge >= 0.3 is 6.03 Å². The second kappa shape index (κ2) is 9.22. The first kappa shape index (κ1) is 25.4.